The highest BCUT2D eigenvalue weighted by molar-refractivity contribution is 6.74. The topological polar surface area (TPSA) is 35.5 Å². The number of hydrogen-bond acceptors (Lipinski definition) is 3. The summed E-state index contributed by atoms with van der Waals surface area (Å²) in [6, 6.07) is 9.82. The molecule has 0 radical (unpaired) electrons. The van der Waals surface area contributed by atoms with Crippen LogP contribution in [0.1, 0.15) is 42.3 Å². The second-order valence-electron chi connectivity index (χ2n) is 8.32. The zero-order chi connectivity index (χ0) is 19.7. The summed E-state index contributed by atoms with van der Waals surface area (Å²) in [4.78, 5) is 11.3. The first-order valence-electron chi connectivity index (χ1n) is 8.94. The zero-order valence-electron chi connectivity index (χ0n) is 17.2. The zero-order valence-corrected chi connectivity index (χ0v) is 18.2. The third-order valence-electron chi connectivity index (χ3n) is 5.44. The van der Waals surface area contributed by atoms with Crippen LogP contribution in [0.5, 0.6) is 11.5 Å². The number of benzene rings is 2. The van der Waals surface area contributed by atoms with Crippen LogP contribution in [0.4, 0.5) is 0 Å². The van der Waals surface area contributed by atoms with Crippen LogP contribution in [0.25, 0.3) is 11.1 Å². The van der Waals surface area contributed by atoms with Crippen molar-refractivity contribution in [2.75, 3.05) is 7.11 Å². The lowest BCUT2D eigenvalue weighted by Gasteiger charge is -2.36. The Balaban J connectivity index is 2.57. The van der Waals surface area contributed by atoms with Gasteiger partial charge in [0.15, 0.2) is 0 Å². The lowest BCUT2D eigenvalue weighted by Crippen LogP contribution is -2.43. The van der Waals surface area contributed by atoms with Crippen LogP contribution >= 0.6 is 0 Å². The molecule has 0 fully saturated rings. The fraction of sp³-hybridized carbons (Fsp3) is 0.409. The molecule has 0 aliphatic carbocycles. The summed E-state index contributed by atoms with van der Waals surface area (Å²) in [5.74, 6) is 1.61. The van der Waals surface area contributed by atoms with Crippen LogP contribution in [0.2, 0.25) is 18.1 Å². The van der Waals surface area contributed by atoms with Gasteiger partial charge in [0.2, 0.25) is 8.32 Å². The van der Waals surface area contributed by atoms with Crippen molar-refractivity contribution in [2.45, 2.75) is 52.8 Å². The summed E-state index contributed by atoms with van der Waals surface area (Å²) in [5, 5.41) is 0.127. The predicted octanol–water partition coefficient (Wildman–Crippen LogP) is 6.18. The average molecular weight is 371 g/mol. The van der Waals surface area contributed by atoms with E-state index in [0.29, 0.717) is 5.56 Å². The number of methoxy groups -OCH3 is 1. The highest BCUT2D eigenvalue weighted by Gasteiger charge is 2.39. The van der Waals surface area contributed by atoms with Crippen molar-refractivity contribution in [2.24, 2.45) is 0 Å². The molecule has 0 amide bonds. The SMILES string of the molecule is COc1cc(O[Si](C)(C)C(C)(C)C)cc(C)c1-c1cccc(C=O)c1C. The Bertz CT molecular complexity index is 817. The Morgan fingerprint density at radius 3 is 2.27 bits per heavy atom. The third-order valence-corrected chi connectivity index (χ3v) is 9.80. The molecule has 140 valence electrons. The molecule has 0 aliphatic heterocycles. The molecule has 0 heterocycles. The van der Waals surface area contributed by atoms with E-state index in [0.717, 1.165) is 40.0 Å². The molecule has 0 saturated heterocycles. The maximum absolute atomic E-state index is 11.3. The van der Waals surface area contributed by atoms with Crippen LogP contribution in [-0.4, -0.2) is 21.7 Å². The van der Waals surface area contributed by atoms with Gasteiger partial charge in [-0.1, -0.05) is 39.0 Å². The summed E-state index contributed by atoms with van der Waals surface area (Å²) >= 11 is 0. The standard InChI is InChI=1S/C22H30O3Si/c1-15-12-18(25-26(7,8)22(3,4)5)13-20(24-6)21(15)19-11-9-10-17(14-23)16(19)2/h9-14H,1-8H3. The van der Waals surface area contributed by atoms with Crippen molar-refractivity contribution in [3.63, 3.8) is 0 Å². The Kier molecular flexibility index (Phi) is 5.66. The smallest absolute Gasteiger partial charge is 0.250 e. The summed E-state index contributed by atoms with van der Waals surface area (Å²) in [5.41, 5.74) is 4.76. The molecule has 0 N–H and O–H groups in total. The predicted molar refractivity (Wildman–Crippen MR) is 111 cm³/mol. The third kappa shape index (κ3) is 3.85. The molecular weight excluding hydrogens is 340 g/mol. The van der Waals surface area contributed by atoms with Gasteiger partial charge in [-0.3, -0.25) is 4.79 Å². The van der Waals surface area contributed by atoms with Crippen molar-refractivity contribution in [1.82, 2.24) is 0 Å². The van der Waals surface area contributed by atoms with E-state index in [1.165, 1.54) is 0 Å². The van der Waals surface area contributed by atoms with Crippen molar-refractivity contribution >= 4 is 14.6 Å². The van der Waals surface area contributed by atoms with Gasteiger partial charge in [0.05, 0.1) is 7.11 Å². The maximum Gasteiger partial charge on any atom is 0.250 e. The van der Waals surface area contributed by atoms with Gasteiger partial charge in [0, 0.05) is 17.2 Å². The first-order valence-corrected chi connectivity index (χ1v) is 11.9. The minimum atomic E-state index is -1.93. The van der Waals surface area contributed by atoms with Crippen LogP contribution < -0.4 is 9.16 Å². The largest absolute Gasteiger partial charge is 0.543 e. The van der Waals surface area contributed by atoms with Gasteiger partial charge in [0.25, 0.3) is 0 Å². The van der Waals surface area contributed by atoms with Crippen LogP contribution in [-0.2, 0) is 0 Å². The second kappa shape index (κ2) is 7.27. The summed E-state index contributed by atoms with van der Waals surface area (Å²) in [6.45, 7) is 15.2. The average Bonchev–Trinajstić information content (AvgIpc) is 2.53. The number of aldehydes is 1. The monoisotopic (exact) mass is 370 g/mol. The number of ether oxygens (including phenoxy) is 1. The van der Waals surface area contributed by atoms with Gasteiger partial charge in [-0.2, -0.15) is 0 Å². The molecule has 26 heavy (non-hydrogen) atoms. The molecule has 3 nitrogen and oxygen atoms in total. The van der Waals surface area contributed by atoms with E-state index in [-0.39, 0.29) is 5.04 Å². The fourth-order valence-corrected chi connectivity index (χ4v) is 3.80. The Hall–Kier alpha value is -2.07. The van der Waals surface area contributed by atoms with E-state index >= 15 is 0 Å². The number of aryl methyl sites for hydroxylation is 1. The minimum absolute atomic E-state index is 0.127. The van der Waals surface area contributed by atoms with Crippen LogP contribution in [0, 0.1) is 13.8 Å². The second-order valence-corrected chi connectivity index (χ2v) is 13.0. The molecule has 2 rings (SSSR count). The Labute approximate surface area is 158 Å². The van der Waals surface area contributed by atoms with Gasteiger partial charge in [0.1, 0.15) is 17.8 Å². The van der Waals surface area contributed by atoms with Crippen molar-refractivity contribution in [1.29, 1.82) is 0 Å². The molecule has 2 aromatic carbocycles. The van der Waals surface area contributed by atoms with Gasteiger partial charge >= 0.3 is 0 Å². The number of carbonyl (C=O) groups excluding carboxylic acids is 1. The maximum atomic E-state index is 11.3. The highest BCUT2D eigenvalue weighted by Crippen LogP contribution is 2.42. The van der Waals surface area contributed by atoms with E-state index in [1.54, 1.807) is 7.11 Å². The summed E-state index contributed by atoms with van der Waals surface area (Å²) in [7, 11) is -0.255. The number of carbonyl (C=O) groups is 1. The Morgan fingerprint density at radius 2 is 1.73 bits per heavy atom. The molecule has 0 bridgehead atoms. The lowest BCUT2D eigenvalue weighted by atomic mass is 9.93. The van der Waals surface area contributed by atoms with Gasteiger partial charge < -0.3 is 9.16 Å². The Morgan fingerprint density at radius 1 is 1.08 bits per heavy atom. The van der Waals surface area contributed by atoms with Gasteiger partial charge in [-0.05, 0) is 54.7 Å². The highest BCUT2D eigenvalue weighted by atomic mass is 28.4. The molecule has 0 atom stereocenters. The molecule has 4 heteroatoms. The fourth-order valence-electron chi connectivity index (χ4n) is 2.79. The summed E-state index contributed by atoms with van der Waals surface area (Å²) < 4.78 is 12.2. The van der Waals surface area contributed by atoms with Gasteiger partial charge in [-0.25, -0.2) is 0 Å². The number of hydrogen-bond donors (Lipinski definition) is 0. The van der Waals surface area contributed by atoms with Gasteiger partial charge in [-0.15, -0.1) is 0 Å². The lowest BCUT2D eigenvalue weighted by molar-refractivity contribution is 0.112. The molecule has 0 saturated carbocycles. The number of rotatable bonds is 5. The molecule has 0 unspecified atom stereocenters. The molecular formula is C22H30O3Si. The quantitative estimate of drug-likeness (QED) is 0.466. The molecule has 0 spiro atoms. The normalized spacial score (nSPS) is 12.0. The first-order chi connectivity index (χ1) is 12.0. The minimum Gasteiger partial charge on any atom is -0.543 e. The van der Waals surface area contributed by atoms with Crippen molar-refractivity contribution in [3.05, 3.63) is 47.0 Å². The van der Waals surface area contributed by atoms with E-state index in [4.69, 9.17) is 9.16 Å². The summed E-state index contributed by atoms with van der Waals surface area (Å²) in [6.07, 6.45) is 0.898. The van der Waals surface area contributed by atoms with Crippen LogP contribution in [0.15, 0.2) is 30.3 Å². The van der Waals surface area contributed by atoms with E-state index in [2.05, 4.69) is 46.9 Å². The molecule has 2 aromatic rings. The first kappa shape index (κ1) is 20.2. The van der Waals surface area contributed by atoms with Crippen molar-refractivity contribution < 1.29 is 14.0 Å². The van der Waals surface area contributed by atoms with E-state index in [1.807, 2.05) is 31.2 Å². The van der Waals surface area contributed by atoms with Crippen molar-refractivity contribution in [3.8, 4) is 22.6 Å². The van der Waals surface area contributed by atoms with Crippen LogP contribution in [0.3, 0.4) is 0 Å². The molecule has 0 aromatic heterocycles. The van der Waals surface area contributed by atoms with E-state index < -0.39 is 8.32 Å². The van der Waals surface area contributed by atoms with E-state index in [9.17, 15) is 4.79 Å². The molecule has 0 aliphatic rings.